The van der Waals surface area contributed by atoms with E-state index in [9.17, 15) is 20.1 Å². The maximum Gasteiger partial charge on any atom is 0.169 e. The van der Waals surface area contributed by atoms with Gasteiger partial charge in [0.25, 0.3) is 0 Å². The van der Waals surface area contributed by atoms with Gasteiger partial charge in [-0.05, 0) is 11.6 Å². The van der Waals surface area contributed by atoms with Crippen LogP contribution < -0.4 is 0 Å². The molecule has 1 unspecified atom stereocenters. The Morgan fingerprint density at radius 2 is 2.00 bits per heavy atom. The number of benzene rings is 1. The smallest absolute Gasteiger partial charge is 0.169 e. The topological polar surface area (TPSA) is 77.8 Å². The number of rotatable bonds is 0. The summed E-state index contributed by atoms with van der Waals surface area (Å²) in [5.74, 6) is -0.477. The minimum atomic E-state index is -1.09. The van der Waals surface area contributed by atoms with Gasteiger partial charge in [-0.2, -0.15) is 0 Å². The van der Waals surface area contributed by atoms with Crippen molar-refractivity contribution in [3.05, 3.63) is 29.3 Å². The number of aromatic hydroxyl groups is 1. The van der Waals surface area contributed by atoms with E-state index in [1.54, 1.807) is 0 Å². The number of ketones is 1. The van der Waals surface area contributed by atoms with Gasteiger partial charge in [0.1, 0.15) is 11.9 Å². The van der Waals surface area contributed by atoms with E-state index in [1.807, 2.05) is 0 Å². The fourth-order valence-corrected chi connectivity index (χ4v) is 1.72. The fourth-order valence-electron chi connectivity index (χ4n) is 1.72. The van der Waals surface area contributed by atoms with E-state index in [1.165, 1.54) is 18.2 Å². The summed E-state index contributed by atoms with van der Waals surface area (Å²) in [6, 6.07) is 4.45. The standard InChI is InChI=1S/C10H10O4/c11-6-3-1-2-5-9(6)7(12)4-8(13)10(5)14/h1-3,8,10-11,13-14H,4H2/t8?,10-/m1/s1. The number of aliphatic hydroxyl groups is 2. The van der Waals surface area contributed by atoms with Crippen LogP contribution >= 0.6 is 0 Å². The molecule has 4 nitrogen and oxygen atoms in total. The summed E-state index contributed by atoms with van der Waals surface area (Å²) in [4.78, 5) is 11.4. The van der Waals surface area contributed by atoms with Gasteiger partial charge in [0.2, 0.25) is 0 Å². The number of fused-ring (bicyclic) bond motifs is 1. The first-order valence-corrected chi connectivity index (χ1v) is 4.32. The van der Waals surface area contributed by atoms with Gasteiger partial charge in [-0.15, -0.1) is 0 Å². The molecule has 1 aromatic carbocycles. The van der Waals surface area contributed by atoms with Crippen molar-refractivity contribution in [2.24, 2.45) is 0 Å². The average Bonchev–Trinajstić information content (AvgIpc) is 2.14. The predicted molar refractivity (Wildman–Crippen MR) is 48.0 cm³/mol. The zero-order valence-electron chi connectivity index (χ0n) is 7.34. The average molecular weight is 194 g/mol. The molecule has 0 saturated carbocycles. The molecule has 3 N–H and O–H groups in total. The second-order valence-electron chi connectivity index (χ2n) is 3.38. The van der Waals surface area contributed by atoms with Crippen molar-refractivity contribution in [1.82, 2.24) is 0 Å². The molecule has 1 aromatic rings. The van der Waals surface area contributed by atoms with Crippen LogP contribution in [0.4, 0.5) is 0 Å². The lowest BCUT2D eigenvalue weighted by Crippen LogP contribution is -2.29. The van der Waals surface area contributed by atoms with Crippen molar-refractivity contribution < 1.29 is 20.1 Å². The summed E-state index contributed by atoms with van der Waals surface area (Å²) < 4.78 is 0. The van der Waals surface area contributed by atoms with E-state index in [0.717, 1.165) is 0 Å². The Hall–Kier alpha value is -1.39. The van der Waals surface area contributed by atoms with Gasteiger partial charge in [0, 0.05) is 6.42 Å². The van der Waals surface area contributed by atoms with E-state index < -0.39 is 12.2 Å². The lowest BCUT2D eigenvalue weighted by Gasteiger charge is -2.25. The second kappa shape index (κ2) is 3.08. The number of Topliss-reactive ketones (excluding diaryl/α,β-unsaturated/α-hetero) is 1. The van der Waals surface area contributed by atoms with Gasteiger partial charge in [0.15, 0.2) is 5.78 Å². The van der Waals surface area contributed by atoms with Gasteiger partial charge < -0.3 is 15.3 Å². The highest BCUT2D eigenvalue weighted by Gasteiger charge is 2.33. The lowest BCUT2D eigenvalue weighted by atomic mass is 9.86. The normalized spacial score (nSPS) is 26.0. The summed E-state index contributed by atoms with van der Waals surface area (Å²) in [5, 5.41) is 28.3. The molecule has 2 rings (SSSR count). The molecule has 0 spiro atoms. The lowest BCUT2D eigenvalue weighted by molar-refractivity contribution is 0.00844. The SMILES string of the molecule is O=C1CC(O)[C@H](O)c2cccc(O)c21. The van der Waals surface area contributed by atoms with Crippen LogP contribution in [0.15, 0.2) is 18.2 Å². The van der Waals surface area contributed by atoms with Gasteiger partial charge in [-0.3, -0.25) is 4.79 Å². The Morgan fingerprint density at radius 3 is 2.71 bits per heavy atom. The molecule has 0 bridgehead atoms. The second-order valence-corrected chi connectivity index (χ2v) is 3.38. The first-order valence-electron chi connectivity index (χ1n) is 4.32. The van der Waals surface area contributed by atoms with Crippen molar-refractivity contribution in [3.63, 3.8) is 0 Å². The summed E-state index contributed by atoms with van der Waals surface area (Å²) in [7, 11) is 0. The number of hydrogen-bond donors (Lipinski definition) is 3. The molecule has 74 valence electrons. The molecule has 4 heteroatoms. The van der Waals surface area contributed by atoms with Crippen molar-refractivity contribution in [2.75, 3.05) is 0 Å². The van der Waals surface area contributed by atoms with Crippen LogP contribution in [0.1, 0.15) is 28.4 Å². The third-order valence-electron chi connectivity index (χ3n) is 2.43. The number of carbonyl (C=O) groups excluding carboxylic acids is 1. The molecular weight excluding hydrogens is 184 g/mol. The highest BCUT2D eigenvalue weighted by molar-refractivity contribution is 6.01. The largest absolute Gasteiger partial charge is 0.507 e. The van der Waals surface area contributed by atoms with E-state index in [4.69, 9.17) is 0 Å². The van der Waals surface area contributed by atoms with Crippen LogP contribution in [0.2, 0.25) is 0 Å². The van der Waals surface area contributed by atoms with E-state index in [-0.39, 0.29) is 23.5 Å². The minimum Gasteiger partial charge on any atom is -0.507 e. The summed E-state index contributed by atoms with van der Waals surface area (Å²) in [5.41, 5.74) is 0.430. The van der Waals surface area contributed by atoms with Crippen molar-refractivity contribution >= 4 is 5.78 Å². The molecule has 0 radical (unpaired) electrons. The molecule has 2 atom stereocenters. The number of phenolic OH excluding ortho intramolecular Hbond substituents is 1. The first-order chi connectivity index (χ1) is 6.61. The van der Waals surface area contributed by atoms with Gasteiger partial charge in [-0.1, -0.05) is 12.1 Å². The zero-order chi connectivity index (χ0) is 10.3. The molecule has 0 amide bonds. The molecule has 0 aliphatic heterocycles. The van der Waals surface area contributed by atoms with Gasteiger partial charge in [0.05, 0.1) is 11.7 Å². The number of hydrogen-bond acceptors (Lipinski definition) is 4. The summed E-state index contributed by atoms with van der Waals surface area (Å²) >= 11 is 0. The van der Waals surface area contributed by atoms with Crippen LogP contribution in [-0.4, -0.2) is 27.2 Å². The molecule has 1 aliphatic rings. The number of carbonyl (C=O) groups is 1. The Labute approximate surface area is 80.4 Å². The Morgan fingerprint density at radius 1 is 1.29 bits per heavy atom. The first kappa shape index (κ1) is 9.18. The molecule has 0 fully saturated rings. The van der Waals surface area contributed by atoms with E-state index in [0.29, 0.717) is 5.56 Å². The number of aliphatic hydroxyl groups excluding tert-OH is 2. The monoisotopic (exact) mass is 194 g/mol. The number of phenols is 1. The maximum absolute atomic E-state index is 11.4. The molecular formula is C10H10O4. The van der Waals surface area contributed by atoms with Crippen LogP contribution in [0.5, 0.6) is 5.75 Å². The zero-order valence-corrected chi connectivity index (χ0v) is 7.34. The van der Waals surface area contributed by atoms with Crippen LogP contribution in [0, 0.1) is 0 Å². The highest BCUT2D eigenvalue weighted by Crippen LogP contribution is 2.34. The highest BCUT2D eigenvalue weighted by atomic mass is 16.3. The van der Waals surface area contributed by atoms with Crippen LogP contribution in [0.3, 0.4) is 0 Å². The Balaban J connectivity index is 2.61. The molecule has 0 aromatic heterocycles. The molecule has 0 saturated heterocycles. The van der Waals surface area contributed by atoms with Gasteiger partial charge in [-0.25, -0.2) is 0 Å². The molecule has 1 aliphatic carbocycles. The molecule has 0 heterocycles. The van der Waals surface area contributed by atoms with Crippen LogP contribution in [-0.2, 0) is 0 Å². The Bertz CT molecular complexity index is 386. The van der Waals surface area contributed by atoms with Crippen LogP contribution in [0.25, 0.3) is 0 Å². The van der Waals surface area contributed by atoms with Gasteiger partial charge >= 0.3 is 0 Å². The maximum atomic E-state index is 11.4. The summed E-state index contributed by atoms with van der Waals surface area (Å²) in [6.45, 7) is 0. The quantitative estimate of drug-likeness (QED) is 0.557. The van der Waals surface area contributed by atoms with Crippen molar-refractivity contribution in [2.45, 2.75) is 18.6 Å². The van der Waals surface area contributed by atoms with Crippen molar-refractivity contribution in [1.29, 1.82) is 0 Å². The predicted octanol–water partition coefficient (Wildman–Crippen LogP) is 0.373. The minimum absolute atomic E-state index is 0.130. The third-order valence-corrected chi connectivity index (χ3v) is 2.43. The van der Waals surface area contributed by atoms with E-state index >= 15 is 0 Å². The fraction of sp³-hybridized carbons (Fsp3) is 0.300. The summed E-state index contributed by atoms with van der Waals surface area (Å²) in [6.07, 6.45) is -2.31. The third kappa shape index (κ3) is 1.20. The Kier molecular flexibility index (Phi) is 2.02. The van der Waals surface area contributed by atoms with E-state index in [2.05, 4.69) is 0 Å². The van der Waals surface area contributed by atoms with Crippen molar-refractivity contribution in [3.8, 4) is 5.75 Å². The molecule has 14 heavy (non-hydrogen) atoms.